The Morgan fingerprint density at radius 2 is 2.10 bits per heavy atom. The van der Waals surface area contributed by atoms with Crippen molar-refractivity contribution in [3.8, 4) is 0 Å². The van der Waals surface area contributed by atoms with Crippen LogP contribution in [0.25, 0.3) is 0 Å². The number of aliphatic hydroxyl groups is 1. The lowest BCUT2D eigenvalue weighted by Gasteiger charge is -2.29. The maximum Gasteiger partial charge on any atom is 0.255 e. The Morgan fingerprint density at radius 3 is 3.00 bits per heavy atom. The van der Waals surface area contributed by atoms with Crippen molar-refractivity contribution in [2.75, 3.05) is 5.75 Å². The van der Waals surface area contributed by atoms with Gasteiger partial charge in [0.2, 0.25) is 0 Å². The molecule has 5 heteroatoms. The summed E-state index contributed by atoms with van der Waals surface area (Å²) in [4.78, 5) is 15.5. The molecule has 0 bridgehead atoms. The summed E-state index contributed by atoms with van der Waals surface area (Å²) in [5.74, 6) is 0.725. The minimum atomic E-state index is -0.431. The van der Waals surface area contributed by atoms with Gasteiger partial charge in [-0.25, -0.2) is 0 Å². The van der Waals surface area contributed by atoms with E-state index in [0.717, 1.165) is 21.6 Å². The zero-order valence-electron chi connectivity index (χ0n) is 10.7. The van der Waals surface area contributed by atoms with Crippen LogP contribution in [-0.4, -0.2) is 21.7 Å². The Morgan fingerprint density at radius 1 is 1.25 bits per heavy atom. The second-order valence-corrected chi connectivity index (χ2v) is 7.09. The van der Waals surface area contributed by atoms with E-state index in [2.05, 4.69) is 0 Å². The fourth-order valence-electron chi connectivity index (χ4n) is 2.88. The van der Waals surface area contributed by atoms with Crippen molar-refractivity contribution in [3.05, 3.63) is 57.3 Å². The number of rotatable bonds is 0. The summed E-state index contributed by atoms with van der Waals surface area (Å²) in [7, 11) is 0. The van der Waals surface area contributed by atoms with Gasteiger partial charge in [0.15, 0.2) is 0 Å². The molecule has 102 valence electrons. The third kappa shape index (κ3) is 1.74. The number of aliphatic hydroxyl groups excluding tert-OH is 1. The van der Waals surface area contributed by atoms with Crippen LogP contribution in [0.15, 0.2) is 35.7 Å². The molecule has 4 rings (SSSR count). The highest BCUT2D eigenvalue weighted by Crippen LogP contribution is 2.46. The predicted molar refractivity (Wildman–Crippen MR) is 80.8 cm³/mol. The molecule has 0 fully saturated rings. The molecule has 1 aromatic carbocycles. The number of hydrogen-bond donors (Lipinski definition) is 1. The first-order valence-corrected chi connectivity index (χ1v) is 8.44. The minimum Gasteiger partial charge on any atom is -0.387 e. The van der Waals surface area contributed by atoms with Gasteiger partial charge in [-0.05, 0) is 28.6 Å². The third-order valence-electron chi connectivity index (χ3n) is 3.84. The van der Waals surface area contributed by atoms with Crippen LogP contribution in [0.5, 0.6) is 0 Å². The second-order valence-electron chi connectivity index (χ2n) is 5.03. The van der Waals surface area contributed by atoms with Crippen molar-refractivity contribution >= 4 is 29.0 Å². The summed E-state index contributed by atoms with van der Waals surface area (Å²) in [6, 6.07) is 9.82. The first-order valence-electron chi connectivity index (χ1n) is 6.51. The molecule has 20 heavy (non-hydrogen) atoms. The molecule has 2 aliphatic rings. The van der Waals surface area contributed by atoms with Crippen LogP contribution in [0.2, 0.25) is 0 Å². The molecule has 2 aromatic rings. The number of nitrogens with zero attached hydrogens (tertiary/aromatic N) is 1. The van der Waals surface area contributed by atoms with Crippen molar-refractivity contribution in [1.29, 1.82) is 0 Å². The Labute approximate surface area is 125 Å². The maximum absolute atomic E-state index is 12.6. The number of thioether (sulfide) groups is 1. The molecule has 0 saturated heterocycles. The molecule has 1 amide bonds. The SMILES string of the molecule is O=C1c2ccccc2C2SCC(O)c3sccc3CN12. The number of benzene rings is 1. The van der Waals surface area contributed by atoms with Crippen molar-refractivity contribution in [3.63, 3.8) is 0 Å². The van der Waals surface area contributed by atoms with Gasteiger partial charge in [-0.3, -0.25) is 4.79 Å². The fraction of sp³-hybridized carbons (Fsp3) is 0.267. The first kappa shape index (κ1) is 12.4. The molecule has 2 atom stereocenters. The van der Waals surface area contributed by atoms with E-state index in [1.165, 1.54) is 0 Å². The quantitative estimate of drug-likeness (QED) is 0.812. The van der Waals surface area contributed by atoms with Crippen LogP contribution in [-0.2, 0) is 6.54 Å². The zero-order chi connectivity index (χ0) is 13.7. The smallest absolute Gasteiger partial charge is 0.255 e. The van der Waals surface area contributed by atoms with Gasteiger partial charge in [0.1, 0.15) is 5.37 Å². The number of hydrogen-bond acceptors (Lipinski definition) is 4. The summed E-state index contributed by atoms with van der Waals surface area (Å²) in [5.41, 5.74) is 2.96. The lowest BCUT2D eigenvalue weighted by atomic mass is 10.1. The number of fused-ring (bicyclic) bond motifs is 4. The van der Waals surface area contributed by atoms with Crippen LogP contribution in [0.1, 0.15) is 37.8 Å². The number of carbonyl (C=O) groups is 1. The van der Waals surface area contributed by atoms with Crippen LogP contribution in [0.3, 0.4) is 0 Å². The van der Waals surface area contributed by atoms with E-state index in [0.29, 0.717) is 12.3 Å². The summed E-state index contributed by atoms with van der Waals surface area (Å²) < 4.78 is 0. The average Bonchev–Trinajstić information content (AvgIpc) is 3.01. The highest BCUT2D eigenvalue weighted by molar-refractivity contribution is 7.99. The summed E-state index contributed by atoms with van der Waals surface area (Å²) in [6.07, 6.45) is -0.431. The molecule has 0 saturated carbocycles. The largest absolute Gasteiger partial charge is 0.387 e. The first-order chi connectivity index (χ1) is 9.75. The number of carbonyl (C=O) groups excluding carboxylic acids is 1. The zero-order valence-corrected chi connectivity index (χ0v) is 12.3. The molecule has 1 N–H and O–H groups in total. The molecular weight excluding hydrogens is 290 g/mol. The Kier molecular flexibility index (Phi) is 2.87. The van der Waals surface area contributed by atoms with Gasteiger partial charge in [0.25, 0.3) is 5.91 Å². The van der Waals surface area contributed by atoms with E-state index in [9.17, 15) is 9.90 Å². The normalized spacial score (nSPS) is 24.6. The van der Waals surface area contributed by atoms with E-state index in [1.807, 2.05) is 40.6 Å². The van der Waals surface area contributed by atoms with E-state index in [4.69, 9.17) is 0 Å². The molecule has 3 nitrogen and oxygen atoms in total. The molecule has 3 heterocycles. The Hall–Kier alpha value is -1.30. The van der Waals surface area contributed by atoms with E-state index >= 15 is 0 Å². The van der Waals surface area contributed by atoms with E-state index in [1.54, 1.807) is 23.1 Å². The van der Waals surface area contributed by atoms with Gasteiger partial charge in [0, 0.05) is 22.7 Å². The van der Waals surface area contributed by atoms with E-state index in [-0.39, 0.29) is 11.3 Å². The van der Waals surface area contributed by atoms with Gasteiger partial charge in [-0.2, -0.15) is 0 Å². The van der Waals surface area contributed by atoms with Gasteiger partial charge >= 0.3 is 0 Å². The van der Waals surface area contributed by atoms with Crippen LogP contribution in [0.4, 0.5) is 0 Å². The van der Waals surface area contributed by atoms with Crippen LogP contribution >= 0.6 is 23.1 Å². The average molecular weight is 303 g/mol. The highest BCUT2D eigenvalue weighted by atomic mass is 32.2. The van der Waals surface area contributed by atoms with Crippen LogP contribution < -0.4 is 0 Å². The predicted octanol–water partition coefficient (Wildman–Crippen LogP) is 3.18. The Balaban J connectivity index is 1.80. The van der Waals surface area contributed by atoms with Gasteiger partial charge in [-0.15, -0.1) is 23.1 Å². The standard InChI is InChI=1S/C15H13NO2S2/c17-12-8-20-15-11-4-2-1-3-10(11)14(18)16(15)7-9-5-6-19-13(9)12/h1-6,12,15,17H,7-8H2. The molecule has 1 aromatic heterocycles. The molecule has 0 radical (unpaired) electrons. The van der Waals surface area contributed by atoms with Crippen molar-refractivity contribution < 1.29 is 9.90 Å². The molecular formula is C15H13NO2S2. The van der Waals surface area contributed by atoms with Crippen molar-refractivity contribution in [2.24, 2.45) is 0 Å². The number of amides is 1. The van der Waals surface area contributed by atoms with Crippen molar-refractivity contribution in [1.82, 2.24) is 4.90 Å². The number of thiophene rings is 1. The molecule has 2 aliphatic heterocycles. The topological polar surface area (TPSA) is 40.5 Å². The third-order valence-corrected chi connectivity index (χ3v) is 6.23. The second kappa shape index (κ2) is 4.62. The van der Waals surface area contributed by atoms with Gasteiger partial charge in [-0.1, -0.05) is 18.2 Å². The minimum absolute atomic E-state index is 0.0291. The maximum atomic E-state index is 12.6. The fourth-order valence-corrected chi connectivity index (χ4v) is 5.16. The summed E-state index contributed by atoms with van der Waals surface area (Å²) in [5, 5.41) is 12.3. The van der Waals surface area contributed by atoms with Gasteiger partial charge in [0.05, 0.1) is 6.10 Å². The lowest BCUT2D eigenvalue weighted by Crippen LogP contribution is -2.28. The summed E-state index contributed by atoms with van der Waals surface area (Å²) >= 11 is 3.23. The van der Waals surface area contributed by atoms with Crippen LogP contribution in [0, 0.1) is 0 Å². The molecule has 0 aliphatic carbocycles. The Bertz CT molecular complexity index is 682. The highest BCUT2D eigenvalue weighted by Gasteiger charge is 2.38. The van der Waals surface area contributed by atoms with Gasteiger partial charge < -0.3 is 10.0 Å². The summed E-state index contributed by atoms with van der Waals surface area (Å²) in [6.45, 7) is 0.584. The van der Waals surface area contributed by atoms with Crippen molar-refractivity contribution in [2.45, 2.75) is 18.0 Å². The molecule has 2 unspecified atom stereocenters. The molecule has 0 spiro atoms. The van der Waals surface area contributed by atoms with E-state index < -0.39 is 6.10 Å². The monoisotopic (exact) mass is 303 g/mol. The lowest BCUT2D eigenvalue weighted by molar-refractivity contribution is 0.0757.